The molecule has 3 unspecified atom stereocenters. The molecule has 3 rings (SSSR count). The fourth-order valence-electron chi connectivity index (χ4n) is 4.98. The highest BCUT2D eigenvalue weighted by molar-refractivity contribution is 7.81. The van der Waals surface area contributed by atoms with E-state index in [0.29, 0.717) is 17.9 Å². The number of unbranched alkanes of at least 4 members (excludes halogenated alkanes) is 4. The van der Waals surface area contributed by atoms with Gasteiger partial charge in [-0.25, -0.2) is 13.3 Å². The van der Waals surface area contributed by atoms with Crippen molar-refractivity contribution in [1.82, 2.24) is 4.31 Å². The zero-order chi connectivity index (χ0) is 27.7. The summed E-state index contributed by atoms with van der Waals surface area (Å²) in [4.78, 5) is 13.7. The van der Waals surface area contributed by atoms with E-state index in [4.69, 9.17) is 16.3 Å². The summed E-state index contributed by atoms with van der Waals surface area (Å²) in [6.07, 6.45) is 7.33. The number of halogens is 1. The number of aliphatic hydroxyl groups excluding tert-OH is 1. The Bertz CT molecular complexity index is 1100. The largest absolute Gasteiger partial charge is 0.491 e. The standard InChI is InChI=1S/C29H41ClN2O5S/c1-4-10-21-17-24(30)12-13-25(21)23-19-32(16-9-7-5-6-8-15-31(2)38(3)36)26-18-22(28(33)29(34)35)11-14-27(26)37-20-23/h11-14,17-18,23,28,33H,4-10,15-16,19-20H2,1-3H3,(H,34,35). The van der Waals surface area contributed by atoms with Crippen LogP contribution in [0.25, 0.3) is 0 Å². The van der Waals surface area contributed by atoms with Crippen LogP contribution in [0.15, 0.2) is 36.4 Å². The minimum Gasteiger partial charge on any atom is -0.491 e. The third-order valence-corrected chi connectivity index (χ3v) is 8.45. The van der Waals surface area contributed by atoms with E-state index in [2.05, 4.69) is 24.0 Å². The number of nitrogens with zero attached hydrogens (tertiary/aromatic N) is 2. The highest BCUT2D eigenvalue weighted by Crippen LogP contribution is 2.38. The molecule has 0 radical (unpaired) electrons. The summed E-state index contributed by atoms with van der Waals surface area (Å²) in [7, 11) is 0.958. The number of carboxylic acids is 1. The molecule has 210 valence electrons. The van der Waals surface area contributed by atoms with Gasteiger partial charge in [-0.15, -0.1) is 0 Å². The minimum absolute atomic E-state index is 0.125. The molecular formula is C29H41ClN2O5S. The molecule has 2 aromatic rings. The monoisotopic (exact) mass is 564 g/mol. The highest BCUT2D eigenvalue weighted by Gasteiger charge is 2.27. The first-order valence-electron chi connectivity index (χ1n) is 13.5. The molecule has 0 spiro atoms. The molecule has 3 atom stereocenters. The van der Waals surface area contributed by atoms with Crippen molar-refractivity contribution in [1.29, 1.82) is 0 Å². The van der Waals surface area contributed by atoms with Gasteiger partial charge in [0.15, 0.2) is 6.10 Å². The van der Waals surface area contributed by atoms with Gasteiger partial charge in [0.05, 0.1) is 23.3 Å². The number of aryl methyl sites for hydroxylation is 1. The number of hydrogen-bond donors (Lipinski definition) is 2. The van der Waals surface area contributed by atoms with E-state index in [-0.39, 0.29) is 5.92 Å². The fourth-order valence-corrected chi connectivity index (χ4v) is 5.56. The third-order valence-electron chi connectivity index (χ3n) is 7.16. The van der Waals surface area contributed by atoms with Gasteiger partial charge in [0, 0.05) is 36.8 Å². The zero-order valence-corrected chi connectivity index (χ0v) is 24.3. The van der Waals surface area contributed by atoms with Crippen molar-refractivity contribution >= 4 is 34.2 Å². The van der Waals surface area contributed by atoms with E-state index in [0.717, 1.165) is 75.3 Å². The summed E-state index contributed by atoms with van der Waals surface area (Å²) in [5, 5.41) is 20.3. The second kappa shape index (κ2) is 14.9. The van der Waals surface area contributed by atoms with E-state index in [1.807, 2.05) is 17.4 Å². The Morgan fingerprint density at radius 2 is 1.92 bits per heavy atom. The van der Waals surface area contributed by atoms with Gasteiger partial charge in [-0.1, -0.05) is 56.3 Å². The fraction of sp³-hybridized carbons (Fsp3) is 0.552. The minimum atomic E-state index is -1.58. The number of ether oxygens (including phenoxy) is 1. The Hall–Kier alpha value is -2.13. The number of rotatable bonds is 14. The summed E-state index contributed by atoms with van der Waals surface area (Å²) in [5.74, 6) is -0.443. The predicted octanol–water partition coefficient (Wildman–Crippen LogP) is 5.57. The number of hydrogen-bond acceptors (Lipinski definition) is 5. The maximum absolute atomic E-state index is 11.5. The average Bonchev–Trinajstić information content (AvgIpc) is 3.06. The molecule has 1 heterocycles. The summed E-state index contributed by atoms with van der Waals surface area (Å²) in [6, 6.07) is 11.2. The molecule has 0 fully saturated rings. The highest BCUT2D eigenvalue weighted by atomic mass is 35.5. The molecule has 0 saturated carbocycles. The van der Waals surface area contributed by atoms with Crippen LogP contribution in [-0.2, 0) is 22.2 Å². The first-order chi connectivity index (χ1) is 18.2. The van der Waals surface area contributed by atoms with E-state index >= 15 is 0 Å². The lowest BCUT2D eigenvalue weighted by Crippen LogP contribution is -2.30. The molecule has 1 aliphatic rings. The zero-order valence-electron chi connectivity index (χ0n) is 22.7. The smallest absolute Gasteiger partial charge is 0.337 e. The van der Waals surface area contributed by atoms with E-state index < -0.39 is 23.1 Å². The van der Waals surface area contributed by atoms with Gasteiger partial charge in [-0.2, -0.15) is 0 Å². The number of aliphatic hydroxyl groups is 1. The average molecular weight is 565 g/mol. The Kier molecular flexibility index (Phi) is 11.9. The lowest BCUT2D eigenvalue weighted by molar-refractivity contribution is -0.146. The van der Waals surface area contributed by atoms with Crippen LogP contribution in [0.3, 0.4) is 0 Å². The SMILES string of the molecule is CCCc1cc(Cl)ccc1C1COc2ccc(C(O)C(=O)O)cc2N(CCCCCCCN(C)S(C)=O)C1. The van der Waals surface area contributed by atoms with Crippen LogP contribution in [0, 0.1) is 0 Å². The molecule has 0 aliphatic carbocycles. The molecule has 0 saturated heterocycles. The number of anilines is 1. The van der Waals surface area contributed by atoms with Gasteiger partial charge in [0.1, 0.15) is 5.75 Å². The summed E-state index contributed by atoms with van der Waals surface area (Å²) >= 11 is 6.32. The number of carboxylic acid groups (broad SMARTS) is 1. The van der Waals surface area contributed by atoms with Gasteiger partial charge in [-0.05, 0) is 67.3 Å². The topological polar surface area (TPSA) is 90.3 Å². The second-order valence-electron chi connectivity index (χ2n) is 10.1. The van der Waals surface area contributed by atoms with Crippen LogP contribution in [0.5, 0.6) is 5.75 Å². The molecule has 38 heavy (non-hydrogen) atoms. The molecule has 0 aromatic heterocycles. The summed E-state index contributed by atoms with van der Waals surface area (Å²) < 4.78 is 19.6. The van der Waals surface area contributed by atoms with Gasteiger partial charge in [-0.3, -0.25) is 0 Å². The predicted molar refractivity (Wildman–Crippen MR) is 155 cm³/mol. The quantitative estimate of drug-likeness (QED) is 0.292. The number of benzene rings is 2. The third kappa shape index (κ3) is 8.43. The van der Waals surface area contributed by atoms with Gasteiger partial charge in [0.2, 0.25) is 0 Å². The van der Waals surface area contributed by atoms with Crippen LogP contribution in [0.2, 0.25) is 5.02 Å². The Balaban J connectivity index is 1.76. The molecule has 1 aliphatic heterocycles. The first kappa shape index (κ1) is 30.4. The van der Waals surface area contributed by atoms with E-state index in [9.17, 15) is 19.2 Å². The Morgan fingerprint density at radius 3 is 2.63 bits per heavy atom. The van der Waals surface area contributed by atoms with Crippen LogP contribution in [-0.4, -0.2) is 64.2 Å². The van der Waals surface area contributed by atoms with E-state index in [1.54, 1.807) is 24.5 Å². The first-order valence-corrected chi connectivity index (χ1v) is 15.4. The number of carbonyl (C=O) groups is 1. The number of aliphatic carboxylic acids is 1. The molecule has 9 heteroatoms. The molecule has 2 N–H and O–H groups in total. The molecule has 0 amide bonds. The maximum atomic E-state index is 11.5. The Labute approximate surface area is 234 Å². The van der Waals surface area contributed by atoms with Crippen LogP contribution >= 0.6 is 11.6 Å². The van der Waals surface area contributed by atoms with Crippen molar-refractivity contribution in [2.24, 2.45) is 0 Å². The molecular weight excluding hydrogens is 524 g/mol. The van der Waals surface area contributed by atoms with Crippen molar-refractivity contribution in [2.45, 2.75) is 63.9 Å². The molecule has 7 nitrogen and oxygen atoms in total. The van der Waals surface area contributed by atoms with Crippen molar-refractivity contribution in [3.8, 4) is 5.75 Å². The van der Waals surface area contributed by atoms with E-state index in [1.165, 1.54) is 11.1 Å². The molecule has 0 bridgehead atoms. The maximum Gasteiger partial charge on any atom is 0.337 e. The summed E-state index contributed by atoms with van der Waals surface area (Å²) in [6.45, 7) is 5.03. The normalized spacial score (nSPS) is 17.0. The summed E-state index contributed by atoms with van der Waals surface area (Å²) in [5.41, 5.74) is 3.64. The van der Waals surface area contributed by atoms with Crippen molar-refractivity contribution in [3.05, 3.63) is 58.1 Å². The lowest BCUT2D eigenvalue weighted by atomic mass is 9.92. The second-order valence-corrected chi connectivity index (χ2v) is 12.0. The number of fused-ring (bicyclic) bond motifs is 1. The van der Waals surface area contributed by atoms with Gasteiger partial charge < -0.3 is 19.8 Å². The van der Waals surface area contributed by atoms with Crippen LogP contribution < -0.4 is 9.64 Å². The lowest BCUT2D eigenvalue weighted by Gasteiger charge is -2.28. The van der Waals surface area contributed by atoms with Crippen molar-refractivity contribution < 1.29 is 24.0 Å². The van der Waals surface area contributed by atoms with Crippen molar-refractivity contribution in [2.75, 3.05) is 44.4 Å². The van der Waals surface area contributed by atoms with Crippen molar-refractivity contribution in [3.63, 3.8) is 0 Å². The van der Waals surface area contributed by atoms with Crippen LogP contribution in [0.1, 0.15) is 74.2 Å². The van der Waals surface area contributed by atoms with Gasteiger partial charge in [0.25, 0.3) is 0 Å². The van der Waals surface area contributed by atoms with Crippen LogP contribution in [0.4, 0.5) is 5.69 Å². The molecule has 2 aromatic carbocycles. The van der Waals surface area contributed by atoms with Gasteiger partial charge >= 0.3 is 5.97 Å². The Morgan fingerprint density at radius 1 is 1.18 bits per heavy atom.